The Hall–Kier alpha value is -1.07. The van der Waals surface area contributed by atoms with Crippen LogP contribution >= 0.6 is 23.2 Å². The number of hydrogen-bond acceptors (Lipinski definition) is 3. The van der Waals surface area contributed by atoms with Gasteiger partial charge >= 0.3 is 5.97 Å². The lowest BCUT2D eigenvalue weighted by atomic mass is 10.0. The minimum absolute atomic E-state index is 0.249. The average molecular weight is 282 g/mol. The first-order chi connectivity index (χ1) is 7.73. The van der Waals surface area contributed by atoms with E-state index in [1.165, 1.54) is 0 Å². The minimum atomic E-state index is -1.15. The summed E-state index contributed by atoms with van der Waals surface area (Å²) in [4.78, 5) is 33.3. The highest BCUT2D eigenvalue weighted by atomic mass is 35.5. The van der Waals surface area contributed by atoms with Crippen LogP contribution in [0.15, 0.2) is 10.6 Å². The molecule has 0 fully saturated rings. The predicted molar refractivity (Wildman–Crippen MR) is 63.8 cm³/mol. The third-order valence-electron chi connectivity index (χ3n) is 1.85. The fourth-order valence-corrected chi connectivity index (χ4v) is 1.31. The van der Waals surface area contributed by atoms with Gasteiger partial charge in [-0.25, -0.2) is 4.79 Å². The SMILES string of the molecule is CC(C)C(NC(=O)CC(=O)C=C(Cl)Cl)C(=O)O. The van der Waals surface area contributed by atoms with E-state index in [-0.39, 0.29) is 10.4 Å². The molecule has 0 aromatic rings. The van der Waals surface area contributed by atoms with Crippen molar-refractivity contribution in [1.82, 2.24) is 5.32 Å². The van der Waals surface area contributed by atoms with Gasteiger partial charge in [-0.15, -0.1) is 0 Å². The summed E-state index contributed by atoms with van der Waals surface area (Å²) >= 11 is 10.5. The second-order valence-corrected chi connectivity index (χ2v) is 4.71. The second kappa shape index (κ2) is 7.29. The summed E-state index contributed by atoms with van der Waals surface area (Å²) in [5, 5.41) is 11.1. The molecule has 0 saturated carbocycles. The van der Waals surface area contributed by atoms with Crippen LogP contribution in [-0.4, -0.2) is 28.8 Å². The van der Waals surface area contributed by atoms with E-state index in [0.29, 0.717) is 0 Å². The van der Waals surface area contributed by atoms with Crippen molar-refractivity contribution in [3.8, 4) is 0 Å². The fraction of sp³-hybridized carbons (Fsp3) is 0.500. The van der Waals surface area contributed by atoms with Crippen LogP contribution in [0.3, 0.4) is 0 Å². The molecule has 17 heavy (non-hydrogen) atoms. The minimum Gasteiger partial charge on any atom is -0.480 e. The first-order valence-corrected chi connectivity index (χ1v) is 5.57. The summed E-state index contributed by atoms with van der Waals surface area (Å²) in [6.45, 7) is 3.30. The topological polar surface area (TPSA) is 83.5 Å². The maximum absolute atomic E-state index is 11.3. The smallest absolute Gasteiger partial charge is 0.326 e. The molecule has 0 saturated heterocycles. The maximum Gasteiger partial charge on any atom is 0.326 e. The molecule has 1 unspecified atom stereocenters. The quantitative estimate of drug-likeness (QED) is 0.571. The van der Waals surface area contributed by atoms with Crippen molar-refractivity contribution in [2.75, 3.05) is 0 Å². The summed E-state index contributed by atoms with van der Waals surface area (Å²) in [6.07, 6.45) is 0.410. The van der Waals surface area contributed by atoms with Gasteiger partial charge in [0.1, 0.15) is 10.5 Å². The van der Waals surface area contributed by atoms with Gasteiger partial charge < -0.3 is 10.4 Å². The summed E-state index contributed by atoms with van der Waals surface area (Å²) in [5.41, 5.74) is 0. The summed E-state index contributed by atoms with van der Waals surface area (Å²) in [5.74, 6) is -2.69. The van der Waals surface area contributed by atoms with Crippen LogP contribution < -0.4 is 5.32 Å². The largest absolute Gasteiger partial charge is 0.480 e. The lowest BCUT2D eigenvalue weighted by Gasteiger charge is -2.17. The summed E-state index contributed by atoms with van der Waals surface area (Å²) in [6, 6.07) is -1.02. The Morgan fingerprint density at radius 1 is 1.29 bits per heavy atom. The number of ketones is 1. The lowest BCUT2D eigenvalue weighted by molar-refractivity contribution is -0.143. The summed E-state index contributed by atoms with van der Waals surface area (Å²) < 4.78 is -0.249. The number of rotatable bonds is 6. The van der Waals surface area contributed by atoms with Crippen molar-refractivity contribution < 1.29 is 19.5 Å². The maximum atomic E-state index is 11.3. The van der Waals surface area contributed by atoms with E-state index in [9.17, 15) is 14.4 Å². The summed E-state index contributed by atoms with van der Waals surface area (Å²) in [7, 11) is 0. The standard InChI is InChI=1S/C10H13Cl2NO4/c1-5(2)9(10(16)17)13-8(15)4-6(14)3-7(11)12/h3,5,9H,4H2,1-2H3,(H,13,15)(H,16,17). The number of carbonyl (C=O) groups is 3. The molecule has 96 valence electrons. The Labute approximate surface area is 109 Å². The van der Waals surface area contributed by atoms with Crippen LogP contribution in [0.1, 0.15) is 20.3 Å². The molecule has 0 heterocycles. The zero-order valence-electron chi connectivity index (χ0n) is 9.37. The number of halogens is 2. The Morgan fingerprint density at radius 2 is 1.82 bits per heavy atom. The average Bonchev–Trinajstić information content (AvgIpc) is 2.11. The van der Waals surface area contributed by atoms with Crippen molar-refractivity contribution in [2.45, 2.75) is 26.3 Å². The normalized spacial score (nSPS) is 11.8. The molecular weight excluding hydrogens is 269 g/mol. The molecule has 0 rings (SSSR count). The van der Waals surface area contributed by atoms with E-state index < -0.39 is 30.1 Å². The molecule has 0 spiro atoms. The molecule has 0 aliphatic carbocycles. The number of nitrogens with one attached hydrogen (secondary N) is 1. The number of hydrogen-bond donors (Lipinski definition) is 2. The number of allylic oxidation sites excluding steroid dienone is 1. The van der Waals surface area contributed by atoms with E-state index in [2.05, 4.69) is 5.32 Å². The van der Waals surface area contributed by atoms with Crippen LogP contribution in [0.5, 0.6) is 0 Å². The second-order valence-electron chi connectivity index (χ2n) is 3.70. The Morgan fingerprint density at radius 3 is 2.18 bits per heavy atom. The molecule has 5 nitrogen and oxygen atoms in total. The van der Waals surface area contributed by atoms with Crippen LogP contribution in [0.25, 0.3) is 0 Å². The molecule has 0 aromatic carbocycles. The zero-order chi connectivity index (χ0) is 13.6. The van der Waals surface area contributed by atoms with E-state index in [1.807, 2.05) is 0 Å². The molecule has 0 aromatic heterocycles. The molecule has 0 bridgehead atoms. The van der Waals surface area contributed by atoms with Gasteiger partial charge in [-0.1, -0.05) is 37.0 Å². The first kappa shape index (κ1) is 15.9. The van der Waals surface area contributed by atoms with E-state index in [0.717, 1.165) is 6.08 Å². The fourth-order valence-electron chi connectivity index (χ4n) is 1.07. The Bertz CT molecular complexity index is 348. The van der Waals surface area contributed by atoms with Gasteiger partial charge in [0.2, 0.25) is 5.91 Å². The number of amides is 1. The molecule has 7 heteroatoms. The number of carboxylic acid groups (broad SMARTS) is 1. The van der Waals surface area contributed by atoms with Crippen LogP contribution in [0.2, 0.25) is 0 Å². The Kier molecular flexibility index (Phi) is 6.83. The van der Waals surface area contributed by atoms with Gasteiger partial charge in [0.05, 0.1) is 6.42 Å². The van der Waals surface area contributed by atoms with E-state index in [4.69, 9.17) is 28.3 Å². The van der Waals surface area contributed by atoms with Gasteiger partial charge in [-0.3, -0.25) is 9.59 Å². The Balaban J connectivity index is 4.40. The highest BCUT2D eigenvalue weighted by Gasteiger charge is 2.23. The number of aliphatic carboxylic acids is 1. The molecule has 2 N–H and O–H groups in total. The molecule has 1 atom stereocenters. The lowest BCUT2D eigenvalue weighted by Crippen LogP contribution is -2.44. The van der Waals surface area contributed by atoms with Gasteiger partial charge in [-0.2, -0.15) is 0 Å². The number of carboxylic acids is 1. The highest BCUT2D eigenvalue weighted by molar-refractivity contribution is 6.56. The molecule has 0 radical (unpaired) electrons. The van der Waals surface area contributed by atoms with Crippen LogP contribution in [-0.2, 0) is 14.4 Å². The van der Waals surface area contributed by atoms with E-state index >= 15 is 0 Å². The third kappa shape index (κ3) is 6.97. The third-order valence-corrected chi connectivity index (χ3v) is 2.07. The number of carbonyl (C=O) groups excluding carboxylic acids is 2. The molecule has 0 aliphatic rings. The highest BCUT2D eigenvalue weighted by Crippen LogP contribution is 2.07. The van der Waals surface area contributed by atoms with Crippen molar-refractivity contribution in [3.05, 3.63) is 10.6 Å². The van der Waals surface area contributed by atoms with Gasteiger partial charge in [0.15, 0.2) is 5.78 Å². The predicted octanol–water partition coefficient (Wildman–Crippen LogP) is 1.49. The van der Waals surface area contributed by atoms with Crippen molar-refractivity contribution in [1.29, 1.82) is 0 Å². The monoisotopic (exact) mass is 281 g/mol. The first-order valence-electron chi connectivity index (χ1n) is 4.81. The van der Waals surface area contributed by atoms with Crippen molar-refractivity contribution >= 4 is 40.9 Å². The van der Waals surface area contributed by atoms with Crippen molar-refractivity contribution in [2.24, 2.45) is 5.92 Å². The molecule has 0 aliphatic heterocycles. The van der Waals surface area contributed by atoms with Crippen LogP contribution in [0.4, 0.5) is 0 Å². The van der Waals surface area contributed by atoms with Gasteiger partial charge in [-0.05, 0) is 5.92 Å². The van der Waals surface area contributed by atoms with Crippen molar-refractivity contribution in [3.63, 3.8) is 0 Å². The van der Waals surface area contributed by atoms with Gasteiger partial charge in [0.25, 0.3) is 0 Å². The molecule has 1 amide bonds. The zero-order valence-corrected chi connectivity index (χ0v) is 10.9. The van der Waals surface area contributed by atoms with E-state index in [1.54, 1.807) is 13.8 Å². The molecular formula is C10H13Cl2NO4. The van der Waals surface area contributed by atoms with Crippen LogP contribution in [0, 0.1) is 5.92 Å². The van der Waals surface area contributed by atoms with Gasteiger partial charge in [0, 0.05) is 6.08 Å².